The quantitative estimate of drug-likeness (QED) is 0.900. The van der Waals surface area contributed by atoms with Gasteiger partial charge in [0.15, 0.2) is 0 Å². The number of ether oxygens (including phenoxy) is 1. The summed E-state index contributed by atoms with van der Waals surface area (Å²) in [6.45, 7) is 2.19. The minimum Gasteiger partial charge on any atom is -0.478 e. The number of nitrogens with zero attached hydrogens (tertiary/aromatic N) is 1. The predicted molar refractivity (Wildman–Crippen MR) is 76.4 cm³/mol. The molecule has 5 nitrogen and oxygen atoms in total. The van der Waals surface area contributed by atoms with Crippen LogP contribution in [0.2, 0.25) is 0 Å². The Bertz CT molecular complexity index is 547. The van der Waals surface area contributed by atoms with E-state index in [1.807, 2.05) is 4.90 Å². The van der Waals surface area contributed by atoms with E-state index in [9.17, 15) is 9.59 Å². The van der Waals surface area contributed by atoms with Crippen molar-refractivity contribution in [2.75, 3.05) is 19.8 Å². The third-order valence-corrected chi connectivity index (χ3v) is 4.08. The lowest BCUT2D eigenvalue weighted by molar-refractivity contribution is 0.0697. The molecule has 112 valence electrons. The topological polar surface area (TPSA) is 66.8 Å². The minimum absolute atomic E-state index is 0.0625. The Hall–Kier alpha value is -1.88. The van der Waals surface area contributed by atoms with Crippen molar-refractivity contribution in [2.45, 2.75) is 25.3 Å². The van der Waals surface area contributed by atoms with Gasteiger partial charge in [-0.2, -0.15) is 0 Å². The highest BCUT2D eigenvalue weighted by molar-refractivity contribution is 5.97. The van der Waals surface area contributed by atoms with E-state index in [0.717, 1.165) is 25.9 Å². The summed E-state index contributed by atoms with van der Waals surface area (Å²) in [5, 5.41) is 9.04. The van der Waals surface area contributed by atoms with Crippen molar-refractivity contribution in [3.63, 3.8) is 0 Å². The number of carboxylic acids is 1. The molecule has 3 rings (SSSR count). The molecule has 1 aliphatic heterocycles. The van der Waals surface area contributed by atoms with Crippen LogP contribution in [-0.2, 0) is 4.74 Å². The fraction of sp³-hybridized carbons (Fsp3) is 0.500. The van der Waals surface area contributed by atoms with Crippen LogP contribution < -0.4 is 0 Å². The first-order valence-electron chi connectivity index (χ1n) is 7.37. The number of carboxylic acid groups (broad SMARTS) is 1. The Balaban J connectivity index is 1.77. The first-order valence-corrected chi connectivity index (χ1v) is 7.37. The van der Waals surface area contributed by atoms with E-state index in [1.54, 1.807) is 12.1 Å². The van der Waals surface area contributed by atoms with Crippen LogP contribution in [0.5, 0.6) is 0 Å². The molecule has 21 heavy (non-hydrogen) atoms. The zero-order valence-corrected chi connectivity index (χ0v) is 11.8. The molecule has 1 saturated carbocycles. The molecule has 1 atom stereocenters. The van der Waals surface area contributed by atoms with Gasteiger partial charge in [-0.15, -0.1) is 0 Å². The summed E-state index contributed by atoms with van der Waals surface area (Å²) in [5.41, 5.74) is 0.613. The Labute approximate surface area is 123 Å². The van der Waals surface area contributed by atoms with Crippen molar-refractivity contribution in [2.24, 2.45) is 5.92 Å². The van der Waals surface area contributed by atoms with Crippen LogP contribution in [-0.4, -0.2) is 47.7 Å². The van der Waals surface area contributed by atoms with Gasteiger partial charge in [-0.1, -0.05) is 6.07 Å². The lowest BCUT2D eigenvalue weighted by Crippen LogP contribution is -2.37. The molecule has 1 amide bonds. The van der Waals surface area contributed by atoms with Crippen molar-refractivity contribution in [1.29, 1.82) is 0 Å². The molecule has 0 bridgehead atoms. The zero-order chi connectivity index (χ0) is 14.8. The molecule has 1 saturated heterocycles. The fourth-order valence-electron chi connectivity index (χ4n) is 2.74. The van der Waals surface area contributed by atoms with Gasteiger partial charge in [0.25, 0.3) is 5.91 Å². The smallest absolute Gasteiger partial charge is 0.335 e. The molecule has 2 aliphatic rings. The summed E-state index contributed by atoms with van der Waals surface area (Å²) in [7, 11) is 0. The molecule has 5 heteroatoms. The van der Waals surface area contributed by atoms with Crippen molar-refractivity contribution in [1.82, 2.24) is 4.90 Å². The van der Waals surface area contributed by atoms with Gasteiger partial charge >= 0.3 is 5.97 Å². The normalized spacial score (nSPS) is 21.2. The van der Waals surface area contributed by atoms with E-state index in [4.69, 9.17) is 9.84 Å². The minimum atomic E-state index is -1.01. The highest BCUT2D eigenvalue weighted by Gasteiger charge is 2.35. The van der Waals surface area contributed by atoms with Crippen LogP contribution >= 0.6 is 0 Å². The van der Waals surface area contributed by atoms with E-state index in [2.05, 4.69) is 0 Å². The maximum atomic E-state index is 12.7. The first-order chi connectivity index (χ1) is 10.1. The molecule has 0 spiro atoms. The Kier molecular flexibility index (Phi) is 3.92. The SMILES string of the molecule is O=C(O)c1cccc(C(=O)N(C[C@H]2CCOC2)C2CC2)c1. The van der Waals surface area contributed by atoms with Gasteiger partial charge in [0.1, 0.15) is 0 Å². The lowest BCUT2D eigenvalue weighted by Gasteiger charge is -2.25. The van der Waals surface area contributed by atoms with E-state index in [1.165, 1.54) is 12.1 Å². The summed E-state index contributed by atoms with van der Waals surface area (Å²) >= 11 is 0. The van der Waals surface area contributed by atoms with Crippen LogP contribution in [0, 0.1) is 5.92 Å². The Morgan fingerprint density at radius 2 is 2.00 bits per heavy atom. The number of carbonyl (C=O) groups excluding carboxylic acids is 1. The third-order valence-electron chi connectivity index (χ3n) is 4.08. The van der Waals surface area contributed by atoms with Crippen LogP contribution in [0.1, 0.15) is 40.0 Å². The first kappa shape index (κ1) is 14.1. The second-order valence-corrected chi connectivity index (χ2v) is 5.80. The van der Waals surface area contributed by atoms with Crippen LogP contribution in [0.25, 0.3) is 0 Å². The number of aromatic carboxylic acids is 1. The maximum Gasteiger partial charge on any atom is 0.335 e. The second-order valence-electron chi connectivity index (χ2n) is 5.80. The van der Waals surface area contributed by atoms with Gasteiger partial charge in [0, 0.05) is 30.7 Å². The zero-order valence-electron chi connectivity index (χ0n) is 11.8. The standard InChI is InChI=1S/C16H19NO4/c18-15(12-2-1-3-13(8-12)16(19)20)17(14-4-5-14)9-11-6-7-21-10-11/h1-3,8,11,14H,4-7,9-10H2,(H,19,20)/t11-/m1/s1. The van der Waals surface area contributed by atoms with Gasteiger partial charge < -0.3 is 14.7 Å². The number of amides is 1. The molecule has 1 aliphatic carbocycles. The van der Waals surface area contributed by atoms with Gasteiger partial charge in [-0.3, -0.25) is 4.79 Å². The van der Waals surface area contributed by atoms with Crippen molar-refractivity contribution in [3.05, 3.63) is 35.4 Å². The van der Waals surface area contributed by atoms with Crippen LogP contribution in [0.4, 0.5) is 0 Å². The molecule has 2 fully saturated rings. The predicted octanol–water partition coefficient (Wildman–Crippen LogP) is 2.03. The summed E-state index contributed by atoms with van der Waals surface area (Å²) < 4.78 is 5.38. The van der Waals surface area contributed by atoms with Crippen molar-refractivity contribution in [3.8, 4) is 0 Å². The van der Waals surface area contributed by atoms with E-state index < -0.39 is 5.97 Å². The number of hydrogen-bond acceptors (Lipinski definition) is 3. The summed E-state index contributed by atoms with van der Waals surface area (Å²) in [5.74, 6) is -0.670. The summed E-state index contributed by atoms with van der Waals surface area (Å²) in [6.07, 6.45) is 3.07. The van der Waals surface area contributed by atoms with Gasteiger partial charge in [-0.25, -0.2) is 4.79 Å². The van der Waals surface area contributed by atoms with Crippen LogP contribution in [0.3, 0.4) is 0 Å². The monoisotopic (exact) mass is 289 g/mol. The summed E-state index contributed by atoms with van der Waals surface area (Å²) in [6, 6.07) is 6.60. The van der Waals surface area contributed by atoms with Gasteiger partial charge in [-0.05, 0) is 37.5 Å². The second kappa shape index (κ2) is 5.85. The number of benzene rings is 1. The molecule has 1 heterocycles. The van der Waals surface area contributed by atoms with E-state index >= 15 is 0 Å². The molecule has 1 aromatic rings. The third kappa shape index (κ3) is 3.24. The van der Waals surface area contributed by atoms with Gasteiger partial charge in [0.2, 0.25) is 0 Å². The fourth-order valence-corrected chi connectivity index (χ4v) is 2.74. The molecule has 1 N–H and O–H groups in total. The molecule has 0 unspecified atom stereocenters. The summed E-state index contributed by atoms with van der Waals surface area (Å²) in [4.78, 5) is 25.6. The average Bonchev–Trinajstić information content (AvgIpc) is 3.20. The van der Waals surface area contributed by atoms with Gasteiger partial charge in [0.05, 0.1) is 12.2 Å². The van der Waals surface area contributed by atoms with Crippen molar-refractivity contribution < 1.29 is 19.4 Å². The highest BCUT2D eigenvalue weighted by Crippen LogP contribution is 2.30. The highest BCUT2D eigenvalue weighted by atomic mass is 16.5. The maximum absolute atomic E-state index is 12.7. The lowest BCUT2D eigenvalue weighted by atomic mass is 10.1. The number of rotatable bonds is 5. The van der Waals surface area contributed by atoms with Crippen molar-refractivity contribution >= 4 is 11.9 Å². The van der Waals surface area contributed by atoms with E-state index in [-0.39, 0.29) is 11.5 Å². The molecular weight excluding hydrogens is 270 g/mol. The Morgan fingerprint density at radius 1 is 1.24 bits per heavy atom. The number of hydrogen-bond donors (Lipinski definition) is 1. The Morgan fingerprint density at radius 3 is 2.62 bits per heavy atom. The van der Waals surface area contributed by atoms with Crippen LogP contribution in [0.15, 0.2) is 24.3 Å². The largest absolute Gasteiger partial charge is 0.478 e. The number of carbonyl (C=O) groups is 2. The molecule has 1 aromatic carbocycles. The molecule has 0 radical (unpaired) electrons. The molecule has 0 aromatic heterocycles. The average molecular weight is 289 g/mol. The molecular formula is C16H19NO4. The van der Waals surface area contributed by atoms with E-state index in [0.29, 0.717) is 30.7 Å².